The Labute approximate surface area is 101 Å². The van der Waals surface area contributed by atoms with Crippen molar-refractivity contribution >= 4 is 11.9 Å². The molecule has 0 fully saturated rings. The van der Waals surface area contributed by atoms with Crippen molar-refractivity contribution in [1.29, 1.82) is 0 Å². The Bertz CT molecular complexity index is 467. The molecule has 0 aliphatic heterocycles. The number of carbonyl (C=O) groups excluding carboxylic acids is 1. The molecule has 0 bridgehead atoms. The van der Waals surface area contributed by atoms with Gasteiger partial charge in [0.2, 0.25) is 0 Å². The summed E-state index contributed by atoms with van der Waals surface area (Å²) in [7, 11) is 1.20. The van der Waals surface area contributed by atoms with Gasteiger partial charge < -0.3 is 10.0 Å². The summed E-state index contributed by atoms with van der Waals surface area (Å²) in [5.74, 6) is -5.95. The topological polar surface area (TPSA) is 57.6 Å². The third kappa shape index (κ3) is 3.22. The third-order valence-electron chi connectivity index (χ3n) is 2.23. The second kappa shape index (κ2) is 5.52. The molecule has 98 valence electrons. The van der Waals surface area contributed by atoms with Crippen LogP contribution in [0.4, 0.5) is 13.2 Å². The first-order valence-electron chi connectivity index (χ1n) is 4.94. The Morgan fingerprint density at radius 1 is 1.22 bits per heavy atom. The van der Waals surface area contributed by atoms with E-state index in [-0.39, 0.29) is 13.0 Å². The maximum absolute atomic E-state index is 13.3. The van der Waals surface area contributed by atoms with Crippen LogP contribution in [0.3, 0.4) is 0 Å². The van der Waals surface area contributed by atoms with Gasteiger partial charge in [0.15, 0.2) is 0 Å². The number of aliphatic carboxylic acids is 1. The molecular formula is C11H10F3NO3. The zero-order valence-electron chi connectivity index (χ0n) is 9.41. The average molecular weight is 261 g/mol. The molecule has 0 aliphatic rings. The largest absolute Gasteiger partial charge is 0.481 e. The van der Waals surface area contributed by atoms with Gasteiger partial charge in [-0.15, -0.1) is 0 Å². The Balaban J connectivity index is 2.93. The van der Waals surface area contributed by atoms with Crippen LogP contribution in [-0.2, 0) is 4.79 Å². The fraction of sp³-hybridized carbons (Fsp3) is 0.273. The van der Waals surface area contributed by atoms with Crippen molar-refractivity contribution < 1.29 is 27.9 Å². The van der Waals surface area contributed by atoms with Gasteiger partial charge in [-0.1, -0.05) is 0 Å². The van der Waals surface area contributed by atoms with Crippen molar-refractivity contribution in [3.05, 3.63) is 35.1 Å². The van der Waals surface area contributed by atoms with E-state index in [0.717, 1.165) is 4.90 Å². The highest BCUT2D eigenvalue weighted by molar-refractivity contribution is 5.94. The average Bonchev–Trinajstić information content (AvgIpc) is 2.24. The summed E-state index contributed by atoms with van der Waals surface area (Å²) < 4.78 is 39.2. The fourth-order valence-electron chi connectivity index (χ4n) is 1.30. The lowest BCUT2D eigenvalue weighted by Crippen LogP contribution is -2.30. The van der Waals surface area contributed by atoms with E-state index in [2.05, 4.69) is 0 Å². The number of amides is 1. The van der Waals surface area contributed by atoms with Crippen LogP contribution in [0, 0.1) is 17.5 Å². The highest BCUT2D eigenvalue weighted by Crippen LogP contribution is 2.16. The number of nitrogens with zero attached hydrogens (tertiary/aromatic N) is 1. The summed E-state index contributed by atoms with van der Waals surface area (Å²) in [6, 6.07) is 0.780. The molecule has 0 unspecified atom stereocenters. The van der Waals surface area contributed by atoms with Crippen molar-refractivity contribution in [1.82, 2.24) is 4.90 Å². The highest BCUT2D eigenvalue weighted by Gasteiger charge is 2.22. The highest BCUT2D eigenvalue weighted by atomic mass is 19.1. The second-order valence-electron chi connectivity index (χ2n) is 3.61. The molecular weight excluding hydrogens is 251 g/mol. The van der Waals surface area contributed by atoms with E-state index >= 15 is 0 Å². The molecule has 0 spiro atoms. The third-order valence-corrected chi connectivity index (χ3v) is 2.23. The molecule has 1 rings (SSSR count). The lowest BCUT2D eigenvalue weighted by atomic mass is 10.1. The van der Waals surface area contributed by atoms with E-state index < -0.39 is 34.9 Å². The zero-order valence-corrected chi connectivity index (χ0v) is 9.41. The van der Waals surface area contributed by atoms with E-state index in [4.69, 9.17) is 5.11 Å². The van der Waals surface area contributed by atoms with Crippen LogP contribution in [0.15, 0.2) is 12.1 Å². The van der Waals surface area contributed by atoms with Gasteiger partial charge in [-0.2, -0.15) is 0 Å². The normalized spacial score (nSPS) is 10.2. The van der Waals surface area contributed by atoms with Crippen LogP contribution in [0.1, 0.15) is 16.8 Å². The van der Waals surface area contributed by atoms with Crippen molar-refractivity contribution in [2.24, 2.45) is 0 Å². The Morgan fingerprint density at radius 3 is 2.17 bits per heavy atom. The van der Waals surface area contributed by atoms with Gasteiger partial charge in [0, 0.05) is 25.7 Å². The van der Waals surface area contributed by atoms with Crippen LogP contribution in [0.2, 0.25) is 0 Å². The van der Waals surface area contributed by atoms with E-state index in [9.17, 15) is 22.8 Å². The molecule has 1 aromatic carbocycles. The Kier molecular flexibility index (Phi) is 4.30. The molecule has 0 aliphatic carbocycles. The molecule has 1 N–H and O–H groups in total. The number of carboxylic acids is 1. The van der Waals surface area contributed by atoms with Crippen molar-refractivity contribution in [2.45, 2.75) is 6.42 Å². The van der Waals surface area contributed by atoms with Gasteiger partial charge in [0.25, 0.3) is 5.91 Å². The summed E-state index contributed by atoms with van der Waals surface area (Å²) in [6.07, 6.45) is -0.354. The van der Waals surface area contributed by atoms with Crippen LogP contribution >= 0.6 is 0 Å². The molecule has 0 aromatic heterocycles. The second-order valence-corrected chi connectivity index (χ2v) is 3.61. The summed E-state index contributed by atoms with van der Waals surface area (Å²) in [5, 5.41) is 8.42. The van der Waals surface area contributed by atoms with Crippen LogP contribution in [0.5, 0.6) is 0 Å². The van der Waals surface area contributed by atoms with Crippen LogP contribution < -0.4 is 0 Å². The van der Waals surface area contributed by atoms with Gasteiger partial charge in [0.1, 0.15) is 23.0 Å². The first-order chi connectivity index (χ1) is 8.32. The van der Waals surface area contributed by atoms with Gasteiger partial charge >= 0.3 is 5.97 Å². The Hall–Kier alpha value is -2.05. The lowest BCUT2D eigenvalue weighted by Gasteiger charge is -2.16. The number of halogens is 3. The molecule has 7 heteroatoms. The van der Waals surface area contributed by atoms with Crippen molar-refractivity contribution in [3.63, 3.8) is 0 Å². The molecule has 0 saturated carbocycles. The molecule has 0 atom stereocenters. The summed E-state index contributed by atoms with van der Waals surface area (Å²) >= 11 is 0. The van der Waals surface area contributed by atoms with Crippen molar-refractivity contribution in [3.8, 4) is 0 Å². The van der Waals surface area contributed by atoms with E-state index in [1.54, 1.807) is 0 Å². The van der Waals surface area contributed by atoms with Gasteiger partial charge in [-0.05, 0) is 0 Å². The van der Waals surface area contributed by atoms with E-state index in [1.807, 2.05) is 0 Å². The smallest absolute Gasteiger partial charge is 0.305 e. The maximum Gasteiger partial charge on any atom is 0.305 e. The van der Waals surface area contributed by atoms with Crippen LogP contribution in [-0.4, -0.2) is 35.5 Å². The van der Waals surface area contributed by atoms with E-state index in [1.165, 1.54) is 7.05 Å². The lowest BCUT2D eigenvalue weighted by molar-refractivity contribution is -0.137. The number of carbonyl (C=O) groups is 2. The van der Waals surface area contributed by atoms with E-state index in [0.29, 0.717) is 12.1 Å². The number of carboxylic acid groups (broad SMARTS) is 1. The summed E-state index contributed by atoms with van der Waals surface area (Å²) in [4.78, 5) is 22.8. The molecule has 4 nitrogen and oxygen atoms in total. The quantitative estimate of drug-likeness (QED) is 0.896. The SMILES string of the molecule is CN(CCC(=O)O)C(=O)c1c(F)cc(F)cc1F. The molecule has 0 radical (unpaired) electrons. The fourth-order valence-corrected chi connectivity index (χ4v) is 1.30. The van der Waals surface area contributed by atoms with Crippen molar-refractivity contribution in [2.75, 3.05) is 13.6 Å². The monoisotopic (exact) mass is 261 g/mol. The first-order valence-corrected chi connectivity index (χ1v) is 4.94. The standard InChI is InChI=1S/C11H10F3NO3/c1-15(3-2-9(16)17)11(18)10-7(13)4-6(12)5-8(10)14/h4-5H,2-3H2,1H3,(H,16,17). The first kappa shape index (κ1) is 14.0. The zero-order chi connectivity index (χ0) is 13.9. The molecule has 0 saturated heterocycles. The molecule has 1 aromatic rings. The predicted molar refractivity (Wildman–Crippen MR) is 55.5 cm³/mol. The minimum atomic E-state index is -1.32. The molecule has 0 heterocycles. The van der Waals surface area contributed by atoms with Crippen LogP contribution in [0.25, 0.3) is 0 Å². The summed E-state index contributed by atoms with van der Waals surface area (Å²) in [5.41, 5.74) is -0.899. The maximum atomic E-state index is 13.3. The predicted octanol–water partition coefficient (Wildman–Crippen LogP) is 1.65. The minimum absolute atomic E-state index is 0.204. The number of hydrogen-bond donors (Lipinski definition) is 1. The van der Waals surface area contributed by atoms with Gasteiger partial charge in [0.05, 0.1) is 6.42 Å². The number of hydrogen-bond acceptors (Lipinski definition) is 2. The van der Waals surface area contributed by atoms with Gasteiger partial charge in [-0.25, -0.2) is 13.2 Å². The molecule has 18 heavy (non-hydrogen) atoms. The number of rotatable bonds is 4. The molecule has 1 amide bonds. The van der Waals surface area contributed by atoms with Gasteiger partial charge in [-0.3, -0.25) is 9.59 Å². The Morgan fingerprint density at radius 2 is 1.72 bits per heavy atom. The number of benzene rings is 1. The summed E-state index contributed by atoms with van der Waals surface area (Å²) in [6.45, 7) is -0.204. The minimum Gasteiger partial charge on any atom is -0.481 e.